The molecular formula is C43H26N4. The number of nitriles is 1. The first kappa shape index (κ1) is 25.7. The van der Waals surface area contributed by atoms with Gasteiger partial charge in [-0.15, -0.1) is 0 Å². The first-order chi connectivity index (χ1) is 23.3. The van der Waals surface area contributed by atoms with Crippen molar-refractivity contribution in [3.63, 3.8) is 0 Å². The average molecular weight is 599 g/mol. The lowest BCUT2D eigenvalue weighted by Crippen LogP contribution is -2.05. The standard InChI is InChI=1S/C43H26N4/c44-27-34-40(45-35-19-6-1-13-28(35)29-14-2-7-20-36(29)45)24-12-25-41(34)47-39-23-10-5-17-32(39)33-18-11-26-42(43(33)47)46-37-21-8-3-15-30(37)31-16-4-9-22-38(31)46/h1-26H. The van der Waals surface area contributed by atoms with Crippen LogP contribution in [0.25, 0.3) is 82.5 Å². The molecule has 0 spiro atoms. The first-order valence-electron chi connectivity index (χ1n) is 15.9. The van der Waals surface area contributed by atoms with E-state index in [1.807, 2.05) is 0 Å². The first-order valence-corrected chi connectivity index (χ1v) is 15.9. The molecule has 0 aliphatic rings. The van der Waals surface area contributed by atoms with E-state index in [-0.39, 0.29) is 0 Å². The van der Waals surface area contributed by atoms with Crippen molar-refractivity contribution in [1.29, 1.82) is 5.26 Å². The van der Waals surface area contributed by atoms with Gasteiger partial charge in [-0.1, -0.05) is 109 Å². The molecule has 0 saturated heterocycles. The van der Waals surface area contributed by atoms with E-state index < -0.39 is 0 Å². The third kappa shape index (κ3) is 3.46. The van der Waals surface area contributed by atoms with Gasteiger partial charge in [-0.25, -0.2) is 0 Å². The zero-order chi connectivity index (χ0) is 31.1. The van der Waals surface area contributed by atoms with Crippen molar-refractivity contribution < 1.29 is 0 Å². The largest absolute Gasteiger partial charge is 0.308 e. The van der Waals surface area contributed by atoms with Crippen LogP contribution in [0.3, 0.4) is 0 Å². The molecule has 0 amide bonds. The Bertz CT molecular complexity index is 2820. The molecular weight excluding hydrogens is 573 g/mol. The minimum atomic E-state index is 0.624. The van der Waals surface area contributed by atoms with Crippen LogP contribution in [0.2, 0.25) is 0 Å². The Kier molecular flexibility index (Phi) is 5.32. The third-order valence-corrected chi connectivity index (χ3v) is 9.69. The number of aromatic nitrogens is 3. The molecule has 0 unspecified atom stereocenters. The van der Waals surface area contributed by atoms with Gasteiger partial charge in [-0.3, -0.25) is 0 Å². The Morgan fingerprint density at radius 2 is 0.638 bits per heavy atom. The summed E-state index contributed by atoms with van der Waals surface area (Å²) in [7, 11) is 0. The van der Waals surface area contributed by atoms with Gasteiger partial charge in [0.1, 0.15) is 11.6 Å². The lowest BCUT2D eigenvalue weighted by atomic mass is 10.1. The van der Waals surface area contributed by atoms with Crippen LogP contribution in [-0.2, 0) is 0 Å². The predicted molar refractivity (Wildman–Crippen MR) is 194 cm³/mol. The van der Waals surface area contributed by atoms with Gasteiger partial charge in [0.05, 0.1) is 50.2 Å². The topological polar surface area (TPSA) is 38.6 Å². The number of fused-ring (bicyclic) bond motifs is 9. The maximum atomic E-state index is 11.0. The molecule has 3 heterocycles. The summed E-state index contributed by atoms with van der Waals surface area (Å²) in [5.74, 6) is 0. The lowest BCUT2D eigenvalue weighted by Gasteiger charge is -2.17. The molecule has 0 N–H and O–H groups in total. The summed E-state index contributed by atoms with van der Waals surface area (Å²) in [6.45, 7) is 0. The molecule has 10 rings (SSSR count). The average Bonchev–Trinajstić information content (AvgIpc) is 3.77. The number of benzene rings is 7. The summed E-state index contributed by atoms with van der Waals surface area (Å²) >= 11 is 0. The van der Waals surface area contributed by atoms with Crippen LogP contribution in [0.1, 0.15) is 5.56 Å². The molecule has 0 radical (unpaired) electrons. The zero-order valence-corrected chi connectivity index (χ0v) is 25.3. The van der Waals surface area contributed by atoms with Gasteiger partial charge >= 0.3 is 0 Å². The fourth-order valence-corrected chi connectivity index (χ4v) is 7.81. The molecule has 0 bridgehead atoms. The van der Waals surface area contributed by atoms with Crippen molar-refractivity contribution in [2.75, 3.05) is 0 Å². The summed E-state index contributed by atoms with van der Waals surface area (Å²) in [6, 6.07) is 58.1. The number of nitrogens with zero attached hydrogens (tertiary/aromatic N) is 4. The van der Waals surface area contributed by atoms with Crippen molar-refractivity contribution in [3.8, 4) is 23.1 Å². The Hall–Kier alpha value is -6.57. The highest BCUT2D eigenvalue weighted by molar-refractivity contribution is 6.15. The molecule has 4 nitrogen and oxygen atoms in total. The third-order valence-electron chi connectivity index (χ3n) is 9.69. The number of rotatable bonds is 3. The second kappa shape index (κ2) is 9.71. The highest BCUT2D eigenvalue weighted by Gasteiger charge is 2.23. The van der Waals surface area contributed by atoms with Crippen LogP contribution in [-0.4, -0.2) is 13.7 Å². The minimum Gasteiger partial charge on any atom is -0.308 e. The molecule has 0 saturated carbocycles. The van der Waals surface area contributed by atoms with E-state index in [0.717, 1.165) is 60.9 Å². The highest BCUT2D eigenvalue weighted by Crippen LogP contribution is 2.41. The Balaban J connectivity index is 1.36. The summed E-state index contributed by atoms with van der Waals surface area (Å²) in [4.78, 5) is 0. The molecule has 0 aliphatic heterocycles. The van der Waals surface area contributed by atoms with Crippen LogP contribution >= 0.6 is 0 Å². The molecule has 0 atom stereocenters. The van der Waals surface area contributed by atoms with Crippen LogP contribution < -0.4 is 0 Å². The smallest absolute Gasteiger partial charge is 0.104 e. The van der Waals surface area contributed by atoms with E-state index in [4.69, 9.17) is 0 Å². The van der Waals surface area contributed by atoms with Crippen molar-refractivity contribution >= 4 is 65.4 Å². The fraction of sp³-hybridized carbons (Fsp3) is 0. The van der Waals surface area contributed by atoms with Crippen molar-refractivity contribution in [1.82, 2.24) is 13.7 Å². The molecule has 218 valence electrons. The van der Waals surface area contributed by atoms with Gasteiger partial charge in [-0.2, -0.15) is 5.26 Å². The normalized spacial score (nSPS) is 11.8. The van der Waals surface area contributed by atoms with E-state index in [1.165, 1.54) is 21.5 Å². The van der Waals surface area contributed by atoms with Crippen molar-refractivity contribution in [3.05, 3.63) is 163 Å². The maximum absolute atomic E-state index is 11.0. The van der Waals surface area contributed by atoms with Gasteiger partial charge in [0.15, 0.2) is 0 Å². The van der Waals surface area contributed by atoms with Crippen LogP contribution in [0.4, 0.5) is 0 Å². The molecule has 47 heavy (non-hydrogen) atoms. The number of hydrogen-bond acceptors (Lipinski definition) is 1. The Morgan fingerprint density at radius 3 is 1.11 bits per heavy atom. The molecule has 4 heteroatoms. The maximum Gasteiger partial charge on any atom is 0.104 e. The van der Waals surface area contributed by atoms with Gasteiger partial charge < -0.3 is 13.7 Å². The molecule has 0 aliphatic carbocycles. The van der Waals surface area contributed by atoms with Crippen LogP contribution in [0.5, 0.6) is 0 Å². The second-order valence-electron chi connectivity index (χ2n) is 12.0. The quantitative estimate of drug-likeness (QED) is 0.199. The summed E-state index contributed by atoms with van der Waals surface area (Å²) < 4.78 is 6.93. The van der Waals surface area contributed by atoms with E-state index in [1.54, 1.807) is 0 Å². The van der Waals surface area contributed by atoms with E-state index in [2.05, 4.69) is 177 Å². The van der Waals surface area contributed by atoms with Gasteiger partial charge in [0.25, 0.3) is 0 Å². The van der Waals surface area contributed by atoms with E-state index >= 15 is 0 Å². The Labute approximate surface area is 270 Å². The Morgan fingerprint density at radius 1 is 0.319 bits per heavy atom. The molecule has 7 aromatic carbocycles. The van der Waals surface area contributed by atoms with Crippen LogP contribution in [0.15, 0.2) is 158 Å². The van der Waals surface area contributed by atoms with Gasteiger partial charge in [-0.05, 0) is 48.5 Å². The molecule has 0 fully saturated rings. The summed E-state index contributed by atoms with van der Waals surface area (Å²) in [5, 5.41) is 18.1. The number of para-hydroxylation sites is 6. The van der Waals surface area contributed by atoms with Gasteiger partial charge in [0, 0.05) is 32.3 Å². The molecule has 3 aromatic heterocycles. The fourth-order valence-electron chi connectivity index (χ4n) is 7.81. The molecule has 10 aromatic rings. The van der Waals surface area contributed by atoms with Crippen molar-refractivity contribution in [2.45, 2.75) is 0 Å². The van der Waals surface area contributed by atoms with Gasteiger partial charge in [0.2, 0.25) is 0 Å². The van der Waals surface area contributed by atoms with Crippen molar-refractivity contribution in [2.24, 2.45) is 0 Å². The number of hydrogen-bond donors (Lipinski definition) is 0. The monoisotopic (exact) mass is 598 g/mol. The van der Waals surface area contributed by atoms with Crippen LogP contribution in [0, 0.1) is 11.3 Å². The van der Waals surface area contributed by atoms with E-state index in [9.17, 15) is 5.26 Å². The SMILES string of the molecule is N#Cc1c(-n2c3ccccc3c3ccccc32)cccc1-n1c2ccccc2c2cccc(-n3c4ccccc4c4ccccc43)c21. The minimum absolute atomic E-state index is 0.624. The zero-order valence-electron chi connectivity index (χ0n) is 25.3. The second-order valence-corrected chi connectivity index (χ2v) is 12.0. The summed E-state index contributed by atoms with van der Waals surface area (Å²) in [5.41, 5.74) is 10.00. The lowest BCUT2D eigenvalue weighted by molar-refractivity contribution is 1.10. The summed E-state index contributed by atoms with van der Waals surface area (Å²) in [6.07, 6.45) is 0. The predicted octanol–water partition coefficient (Wildman–Crippen LogP) is 10.8. The highest BCUT2D eigenvalue weighted by atomic mass is 15.1. The van der Waals surface area contributed by atoms with E-state index in [0.29, 0.717) is 5.56 Å².